The molecule has 11 heteroatoms. The quantitative estimate of drug-likeness (QED) is 0.737. The molecule has 1 amide bonds. The lowest BCUT2D eigenvalue weighted by Gasteiger charge is -2.43. The number of alkyl halides is 3. The van der Waals surface area contributed by atoms with E-state index in [1.807, 2.05) is 17.9 Å². The molecule has 0 aliphatic carbocycles. The molecule has 174 valence electrons. The summed E-state index contributed by atoms with van der Waals surface area (Å²) in [5.74, 6) is -1.52. The summed E-state index contributed by atoms with van der Waals surface area (Å²) in [6.07, 6.45) is 3.99. The molecule has 1 aromatic rings. The summed E-state index contributed by atoms with van der Waals surface area (Å²) < 4.78 is 39.0. The number of carbonyl (C=O) groups is 2. The van der Waals surface area contributed by atoms with E-state index in [0.29, 0.717) is 6.42 Å². The number of hydrogen-bond donors (Lipinski definition) is 2. The molecule has 1 atom stereocenters. The first kappa shape index (κ1) is 23.5. The van der Waals surface area contributed by atoms with Crippen LogP contribution in [0.2, 0.25) is 0 Å². The van der Waals surface area contributed by atoms with Crippen molar-refractivity contribution >= 4 is 11.9 Å². The minimum atomic E-state index is -5.08. The van der Waals surface area contributed by atoms with Gasteiger partial charge in [0.05, 0.1) is 6.20 Å². The number of aromatic nitrogens is 2. The molecule has 0 bridgehead atoms. The van der Waals surface area contributed by atoms with E-state index in [4.69, 9.17) is 14.6 Å². The molecule has 31 heavy (non-hydrogen) atoms. The highest BCUT2D eigenvalue weighted by Gasteiger charge is 2.49. The third-order valence-corrected chi connectivity index (χ3v) is 6.42. The maximum absolute atomic E-state index is 12.1. The van der Waals surface area contributed by atoms with Crippen molar-refractivity contribution in [3.05, 3.63) is 18.0 Å². The average Bonchev–Trinajstić information content (AvgIpc) is 3.27. The van der Waals surface area contributed by atoms with Crippen LogP contribution < -0.4 is 5.32 Å². The Morgan fingerprint density at radius 3 is 2.45 bits per heavy atom. The van der Waals surface area contributed by atoms with Crippen LogP contribution in [0, 0.1) is 5.92 Å². The Balaban J connectivity index is 0.000000339. The van der Waals surface area contributed by atoms with Crippen LogP contribution >= 0.6 is 0 Å². The van der Waals surface area contributed by atoms with E-state index in [1.165, 1.54) is 24.9 Å². The zero-order chi connectivity index (χ0) is 22.6. The molecule has 0 radical (unpaired) electrons. The predicted molar refractivity (Wildman–Crippen MR) is 104 cm³/mol. The number of carbonyl (C=O) groups excluding carboxylic acids is 1. The minimum absolute atomic E-state index is 0.0632. The van der Waals surface area contributed by atoms with Crippen LogP contribution in [0.15, 0.2) is 12.4 Å². The monoisotopic (exact) mass is 446 g/mol. The molecule has 4 heterocycles. The Kier molecular flexibility index (Phi) is 7.25. The van der Waals surface area contributed by atoms with Crippen molar-refractivity contribution in [3.63, 3.8) is 0 Å². The first-order valence-corrected chi connectivity index (χ1v) is 10.5. The molecule has 0 aromatic carbocycles. The number of nitrogens with zero attached hydrogens (tertiary/aromatic N) is 3. The Labute approximate surface area is 178 Å². The fourth-order valence-electron chi connectivity index (χ4n) is 4.76. The molecular formula is C20H29F3N4O4. The molecule has 1 unspecified atom stereocenters. The lowest BCUT2D eigenvalue weighted by Crippen LogP contribution is -2.54. The number of halogens is 3. The smallest absolute Gasteiger partial charge is 0.475 e. The summed E-state index contributed by atoms with van der Waals surface area (Å²) in [4.78, 5) is 23.6. The number of ether oxygens (including phenoxy) is 1. The molecular weight excluding hydrogens is 417 g/mol. The largest absolute Gasteiger partial charge is 0.490 e. The molecule has 8 nitrogen and oxygen atoms in total. The van der Waals surface area contributed by atoms with Crippen LogP contribution in [0.1, 0.15) is 43.6 Å². The van der Waals surface area contributed by atoms with Gasteiger partial charge >= 0.3 is 12.1 Å². The first-order valence-electron chi connectivity index (χ1n) is 10.5. The number of amides is 1. The van der Waals surface area contributed by atoms with Gasteiger partial charge in [-0.3, -0.25) is 9.48 Å². The van der Waals surface area contributed by atoms with Crippen LogP contribution in [0.4, 0.5) is 13.2 Å². The van der Waals surface area contributed by atoms with Gasteiger partial charge in [-0.2, -0.15) is 18.3 Å². The van der Waals surface area contributed by atoms with Crippen molar-refractivity contribution in [2.45, 2.75) is 49.7 Å². The molecule has 2 N–H and O–H groups in total. The molecule has 3 saturated heterocycles. The van der Waals surface area contributed by atoms with Gasteiger partial charge in [-0.25, -0.2) is 4.79 Å². The average molecular weight is 446 g/mol. The molecule has 1 spiro atoms. The van der Waals surface area contributed by atoms with Gasteiger partial charge in [-0.1, -0.05) is 0 Å². The number of nitrogens with one attached hydrogen (secondary N) is 1. The van der Waals surface area contributed by atoms with Crippen molar-refractivity contribution in [3.8, 4) is 0 Å². The third kappa shape index (κ3) is 5.97. The van der Waals surface area contributed by atoms with Crippen molar-refractivity contribution in [2.75, 3.05) is 32.8 Å². The van der Waals surface area contributed by atoms with E-state index < -0.39 is 12.1 Å². The maximum atomic E-state index is 12.1. The zero-order valence-corrected chi connectivity index (χ0v) is 17.5. The Hall–Kier alpha value is -2.14. The van der Waals surface area contributed by atoms with Crippen LogP contribution in [-0.2, 0) is 21.4 Å². The number of hydrogen-bond acceptors (Lipinski definition) is 5. The highest BCUT2D eigenvalue weighted by molar-refractivity contribution is 5.81. The SMILES string of the molecule is Cn1cc(C2CC(=O)NC23CCN(CC2CCOCC2)CC3)cn1.O=C(O)C(F)(F)F. The van der Waals surface area contributed by atoms with Crippen molar-refractivity contribution in [1.82, 2.24) is 20.0 Å². The fourth-order valence-corrected chi connectivity index (χ4v) is 4.76. The van der Waals surface area contributed by atoms with Gasteiger partial charge in [0.15, 0.2) is 0 Å². The van der Waals surface area contributed by atoms with Crippen LogP contribution in [-0.4, -0.2) is 76.2 Å². The van der Waals surface area contributed by atoms with Crippen LogP contribution in [0.25, 0.3) is 0 Å². The number of aryl methyl sites for hydroxylation is 1. The van der Waals surface area contributed by atoms with Crippen LogP contribution in [0.3, 0.4) is 0 Å². The van der Waals surface area contributed by atoms with Gasteiger partial charge in [-0.15, -0.1) is 0 Å². The molecule has 0 saturated carbocycles. The van der Waals surface area contributed by atoms with Gasteiger partial charge in [0.2, 0.25) is 5.91 Å². The molecule has 3 aliphatic heterocycles. The number of rotatable bonds is 3. The lowest BCUT2D eigenvalue weighted by molar-refractivity contribution is -0.192. The highest BCUT2D eigenvalue weighted by atomic mass is 19.4. The Morgan fingerprint density at radius 1 is 1.32 bits per heavy atom. The van der Waals surface area contributed by atoms with Crippen molar-refractivity contribution in [2.24, 2.45) is 13.0 Å². The van der Waals surface area contributed by atoms with Gasteiger partial charge in [0.25, 0.3) is 0 Å². The molecule has 3 aliphatic rings. The molecule has 1 aromatic heterocycles. The summed E-state index contributed by atoms with van der Waals surface area (Å²) in [5, 5.41) is 14.8. The van der Waals surface area contributed by atoms with Gasteiger partial charge in [0.1, 0.15) is 0 Å². The minimum Gasteiger partial charge on any atom is -0.475 e. The van der Waals surface area contributed by atoms with Gasteiger partial charge in [0, 0.05) is 64.0 Å². The number of carboxylic acid groups (broad SMARTS) is 1. The second-order valence-electron chi connectivity index (χ2n) is 8.57. The summed E-state index contributed by atoms with van der Waals surface area (Å²) >= 11 is 0. The highest BCUT2D eigenvalue weighted by Crippen LogP contribution is 2.43. The van der Waals surface area contributed by atoms with E-state index in [0.717, 1.165) is 45.1 Å². The Bertz CT molecular complexity index is 769. The third-order valence-electron chi connectivity index (χ3n) is 6.42. The normalized spacial score (nSPS) is 24.5. The summed E-state index contributed by atoms with van der Waals surface area (Å²) in [6.45, 7) is 5.18. The number of aliphatic carboxylic acids is 1. The van der Waals surface area contributed by atoms with Gasteiger partial charge < -0.3 is 20.1 Å². The molecule has 4 rings (SSSR count). The first-order chi connectivity index (χ1) is 14.6. The maximum Gasteiger partial charge on any atom is 0.490 e. The van der Waals surface area contributed by atoms with Crippen LogP contribution in [0.5, 0.6) is 0 Å². The fraction of sp³-hybridized carbons (Fsp3) is 0.750. The van der Waals surface area contributed by atoms with E-state index in [9.17, 15) is 18.0 Å². The lowest BCUT2D eigenvalue weighted by atomic mass is 9.75. The second kappa shape index (κ2) is 9.56. The van der Waals surface area contributed by atoms with E-state index >= 15 is 0 Å². The second-order valence-corrected chi connectivity index (χ2v) is 8.57. The predicted octanol–water partition coefficient (Wildman–Crippen LogP) is 1.92. The van der Waals surface area contributed by atoms with Crippen molar-refractivity contribution < 1.29 is 32.6 Å². The number of likely N-dealkylation sites (tertiary alicyclic amines) is 1. The number of carboxylic acids is 1. The summed E-state index contributed by atoms with van der Waals surface area (Å²) in [7, 11) is 1.94. The van der Waals surface area contributed by atoms with E-state index in [-0.39, 0.29) is 17.4 Å². The summed E-state index contributed by atoms with van der Waals surface area (Å²) in [5.41, 5.74) is 1.14. The zero-order valence-electron chi connectivity index (χ0n) is 17.5. The molecule has 3 fully saturated rings. The van der Waals surface area contributed by atoms with E-state index in [2.05, 4.69) is 21.5 Å². The standard InChI is InChI=1S/C18H28N4O2.C2HF3O2/c1-21-13-15(11-19-21)16-10-17(23)20-18(16)4-6-22(7-5-18)12-14-2-8-24-9-3-14;3-2(4,5)1(6)7/h11,13-14,16H,2-10,12H2,1H3,(H,20,23);(H,6,7). The Morgan fingerprint density at radius 2 is 1.94 bits per heavy atom. The summed E-state index contributed by atoms with van der Waals surface area (Å²) in [6, 6.07) is 0. The van der Waals surface area contributed by atoms with E-state index in [1.54, 1.807) is 0 Å². The van der Waals surface area contributed by atoms with Crippen molar-refractivity contribution in [1.29, 1.82) is 0 Å². The topological polar surface area (TPSA) is 96.7 Å². The number of piperidine rings is 1. The van der Waals surface area contributed by atoms with Gasteiger partial charge in [-0.05, 0) is 37.2 Å².